The number of likely N-dealkylation sites (tertiary alicyclic amines) is 1. The number of hydrogen-bond acceptors (Lipinski definition) is 3. The maximum Gasteiger partial charge on any atom is 0.411 e. The Hall–Kier alpha value is -2.18. The van der Waals surface area contributed by atoms with Crippen LogP contribution in [0.3, 0.4) is 0 Å². The predicted octanol–water partition coefficient (Wildman–Crippen LogP) is 3.32. The Labute approximate surface area is 150 Å². The molecule has 3 atom stereocenters. The summed E-state index contributed by atoms with van der Waals surface area (Å²) in [5, 5.41) is 0. The molecule has 1 saturated heterocycles. The van der Waals surface area contributed by atoms with Gasteiger partial charge in [-0.05, 0) is 27.2 Å². The topological polar surface area (TPSA) is 58.2 Å². The molecule has 0 radical (unpaired) electrons. The van der Waals surface area contributed by atoms with E-state index in [0.29, 0.717) is 0 Å². The van der Waals surface area contributed by atoms with Gasteiger partial charge in [0.05, 0.1) is 12.0 Å². The van der Waals surface area contributed by atoms with Gasteiger partial charge < -0.3 is 9.72 Å². The summed E-state index contributed by atoms with van der Waals surface area (Å²) in [6.07, 6.45) is 2.27. The van der Waals surface area contributed by atoms with Gasteiger partial charge in [-0.3, -0.25) is 4.90 Å². The van der Waals surface area contributed by atoms with Crippen LogP contribution in [-0.2, 0) is 4.74 Å². The average Bonchev–Trinajstić information content (AvgIpc) is 2.97. The molecule has 1 aliphatic heterocycles. The zero-order chi connectivity index (χ0) is 18.4. The third-order valence-corrected chi connectivity index (χ3v) is 4.87. The zero-order valence-corrected chi connectivity index (χ0v) is 16.7. The van der Waals surface area contributed by atoms with Crippen molar-refractivity contribution in [2.24, 2.45) is 5.92 Å². The van der Waals surface area contributed by atoms with Gasteiger partial charge in [0.25, 0.3) is 0 Å². The Morgan fingerprint density at radius 1 is 1.40 bits per heavy atom. The smallest absolute Gasteiger partial charge is 0.411 e. The van der Waals surface area contributed by atoms with Crippen LogP contribution in [0, 0.1) is 29.2 Å². The number of carbonyl (C=O) groups excluding carboxylic acids is 1. The van der Waals surface area contributed by atoms with Gasteiger partial charge in [-0.1, -0.05) is 37.4 Å². The van der Waals surface area contributed by atoms with Crippen LogP contribution in [0.2, 0.25) is 19.6 Å². The second-order valence-corrected chi connectivity index (χ2v) is 13.4. The highest BCUT2D eigenvalue weighted by Crippen LogP contribution is 2.42. The number of nitrogens with zero attached hydrogens (tertiary/aromatic N) is 2. The van der Waals surface area contributed by atoms with Crippen molar-refractivity contribution in [3.8, 4) is 23.3 Å². The molecule has 5 nitrogen and oxygen atoms in total. The number of aromatic amines is 1. The fraction of sp³-hybridized carbons (Fsp3) is 0.579. The Bertz CT molecular complexity index is 808. The molecule has 1 amide bonds. The van der Waals surface area contributed by atoms with Gasteiger partial charge in [-0.25, -0.2) is 9.78 Å². The second kappa shape index (κ2) is 5.96. The van der Waals surface area contributed by atoms with Gasteiger partial charge in [0.2, 0.25) is 0 Å². The van der Waals surface area contributed by atoms with Crippen molar-refractivity contribution in [3.63, 3.8) is 0 Å². The number of imidazole rings is 1. The molecule has 0 saturated carbocycles. The second-order valence-electron chi connectivity index (χ2n) is 8.65. The van der Waals surface area contributed by atoms with Crippen LogP contribution in [0.1, 0.15) is 44.8 Å². The number of fused-ring (bicyclic) bond motifs is 1. The van der Waals surface area contributed by atoms with E-state index in [-0.39, 0.29) is 24.1 Å². The lowest BCUT2D eigenvalue weighted by Crippen LogP contribution is -2.43. The number of ether oxygens (including phenoxy) is 1. The van der Waals surface area contributed by atoms with Crippen molar-refractivity contribution in [3.05, 3.63) is 17.7 Å². The van der Waals surface area contributed by atoms with E-state index in [2.05, 4.69) is 52.9 Å². The molecule has 25 heavy (non-hydrogen) atoms. The standard InChI is InChI=1S/C19H25N3O2Si/c1-19(2,3)24-18(23)22-15-8-7-13(15)11-16(22)17-20-12-14(21-17)9-10-25(4,5)6/h12-13,15-16H,11H2,1-6H3,(H,20,21)/t13-,15-,16+/m1/s1. The van der Waals surface area contributed by atoms with Crippen LogP contribution in [0.4, 0.5) is 4.79 Å². The fourth-order valence-corrected chi connectivity index (χ4v) is 3.40. The van der Waals surface area contributed by atoms with Crippen molar-refractivity contribution in [2.75, 3.05) is 0 Å². The third-order valence-electron chi connectivity index (χ3n) is 3.99. The summed E-state index contributed by atoms with van der Waals surface area (Å²) in [5.74, 6) is 10.3. The largest absolute Gasteiger partial charge is 0.444 e. The van der Waals surface area contributed by atoms with Crippen molar-refractivity contribution >= 4 is 14.2 Å². The molecular formula is C19H25N3O2Si. The first-order chi connectivity index (χ1) is 11.5. The molecule has 0 bridgehead atoms. The van der Waals surface area contributed by atoms with Gasteiger partial charge in [0.15, 0.2) is 0 Å². The van der Waals surface area contributed by atoms with Crippen LogP contribution in [0.25, 0.3) is 0 Å². The molecule has 2 aliphatic rings. The highest BCUT2D eigenvalue weighted by Gasteiger charge is 2.48. The van der Waals surface area contributed by atoms with Gasteiger partial charge in [0, 0.05) is 6.20 Å². The molecule has 3 rings (SSSR count). The Morgan fingerprint density at radius 3 is 2.68 bits per heavy atom. The number of carbonyl (C=O) groups is 1. The van der Waals surface area contributed by atoms with E-state index < -0.39 is 13.7 Å². The monoisotopic (exact) mass is 355 g/mol. The number of hydrogen-bond donors (Lipinski definition) is 1. The normalized spacial score (nSPS) is 24.4. The molecule has 0 spiro atoms. The minimum atomic E-state index is -1.45. The van der Waals surface area contributed by atoms with Gasteiger partial charge in [-0.2, -0.15) is 0 Å². The molecule has 1 N–H and O–H groups in total. The molecule has 0 unspecified atom stereocenters. The van der Waals surface area contributed by atoms with E-state index in [9.17, 15) is 4.79 Å². The Balaban J connectivity index is 1.82. The Kier molecular flexibility index (Phi) is 4.21. The molecule has 1 aromatic heterocycles. The molecule has 1 fully saturated rings. The first-order valence-electron chi connectivity index (χ1n) is 8.64. The summed E-state index contributed by atoms with van der Waals surface area (Å²) < 4.78 is 5.58. The van der Waals surface area contributed by atoms with Crippen molar-refractivity contribution in [2.45, 2.75) is 64.5 Å². The molecule has 1 aliphatic carbocycles. The molecular weight excluding hydrogens is 330 g/mol. The van der Waals surface area contributed by atoms with Gasteiger partial charge in [-0.15, -0.1) is 5.54 Å². The van der Waals surface area contributed by atoms with E-state index in [1.807, 2.05) is 27.0 Å². The van der Waals surface area contributed by atoms with E-state index in [1.165, 1.54) is 0 Å². The lowest BCUT2D eigenvalue weighted by Gasteiger charge is -2.31. The van der Waals surface area contributed by atoms with E-state index >= 15 is 0 Å². The van der Waals surface area contributed by atoms with Crippen LogP contribution in [0.5, 0.6) is 0 Å². The average molecular weight is 356 g/mol. The predicted molar refractivity (Wildman–Crippen MR) is 99.3 cm³/mol. The van der Waals surface area contributed by atoms with E-state index in [0.717, 1.165) is 17.9 Å². The lowest BCUT2D eigenvalue weighted by atomic mass is 9.92. The Morgan fingerprint density at radius 2 is 2.12 bits per heavy atom. The summed E-state index contributed by atoms with van der Waals surface area (Å²) >= 11 is 0. The van der Waals surface area contributed by atoms with Crippen LogP contribution < -0.4 is 0 Å². The van der Waals surface area contributed by atoms with E-state index in [1.54, 1.807) is 4.90 Å². The van der Waals surface area contributed by atoms with Crippen LogP contribution in [0.15, 0.2) is 6.20 Å². The fourth-order valence-electron chi connectivity index (χ4n) is 2.90. The zero-order valence-electron chi connectivity index (χ0n) is 15.7. The van der Waals surface area contributed by atoms with Gasteiger partial charge >= 0.3 is 6.09 Å². The minimum absolute atomic E-state index is 0.0681. The summed E-state index contributed by atoms with van der Waals surface area (Å²) in [6, 6.07) is -0.226. The van der Waals surface area contributed by atoms with Crippen LogP contribution in [-0.4, -0.2) is 40.7 Å². The lowest BCUT2D eigenvalue weighted by molar-refractivity contribution is 0.0168. The SMILES string of the molecule is CC(C)(C)OC(=O)N1[C@@H]2C#C[C@@H]2C[C@H]1c1nc(C#C[Si](C)(C)C)c[nH]1. The summed E-state index contributed by atoms with van der Waals surface area (Å²) in [5.41, 5.74) is 3.50. The molecule has 1 aromatic rings. The first-order valence-corrected chi connectivity index (χ1v) is 12.1. The summed E-state index contributed by atoms with van der Waals surface area (Å²) in [7, 11) is -1.45. The highest BCUT2D eigenvalue weighted by atomic mass is 28.3. The number of rotatable bonds is 1. The number of aromatic nitrogens is 2. The van der Waals surface area contributed by atoms with Crippen LogP contribution >= 0.6 is 0 Å². The molecule has 6 heteroatoms. The third kappa shape index (κ3) is 3.91. The van der Waals surface area contributed by atoms with Crippen molar-refractivity contribution in [1.82, 2.24) is 14.9 Å². The van der Waals surface area contributed by atoms with Crippen molar-refractivity contribution < 1.29 is 9.53 Å². The maximum absolute atomic E-state index is 12.7. The summed E-state index contributed by atoms with van der Waals surface area (Å²) in [6.45, 7) is 12.2. The first kappa shape index (κ1) is 17.6. The quantitative estimate of drug-likeness (QED) is 0.621. The maximum atomic E-state index is 12.7. The number of amides is 1. The van der Waals surface area contributed by atoms with Crippen molar-refractivity contribution in [1.29, 1.82) is 0 Å². The number of nitrogens with one attached hydrogen (secondary N) is 1. The van der Waals surface area contributed by atoms with E-state index in [4.69, 9.17) is 4.74 Å². The molecule has 0 aromatic carbocycles. The van der Waals surface area contributed by atoms with Gasteiger partial charge in [0.1, 0.15) is 31.2 Å². The molecule has 132 valence electrons. The number of H-pyrrole nitrogens is 1. The minimum Gasteiger partial charge on any atom is -0.444 e. The highest BCUT2D eigenvalue weighted by molar-refractivity contribution is 6.83. The molecule has 2 heterocycles. The summed E-state index contributed by atoms with van der Waals surface area (Å²) in [4.78, 5) is 22.2.